The van der Waals surface area contributed by atoms with Crippen molar-refractivity contribution in [3.63, 3.8) is 0 Å². The van der Waals surface area contributed by atoms with E-state index in [1.807, 2.05) is 0 Å². The van der Waals surface area contributed by atoms with Crippen LogP contribution in [0.3, 0.4) is 0 Å². The number of alkyl halides is 3. The van der Waals surface area contributed by atoms with Gasteiger partial charge in [-0.05, 0) is 42.7 Å². The van der Waals surface area contributed by atoms with Crippen LogP contribution in [0.5, 0.6) is 0 Å². The number of amides is 1. The molecule has 2 aromatic rings. The Morgan fingerprint density at radius 3 is 2.62 bits per heavy atom. The van der Waals surface area contributed by atoms with E-state index >= 15 is 0 Å². The summed E-state index contributed by atoms with van der Waals surface area (Å²) in [6, 6.07) is 6.43. The summed E-state index contributed by atoms with van der Waals surface area (Å²) in [4.78, 5) is 18.6. The van der Waals surface area contributed by atoms with Crippen LogP contribution in [0.1, 0.15) is 24.8 Å². The molecule has 2 saturated heterocycles. The summed E-state index contributed by atoms with van der Waals surface area (Å²) < 4.78 is 71.7. The number of nitrogens with zero attached hydrogens (tertiary/aromatic N) is 1. The third kappa shape index (κ3) is 5.61. The first kappa shape index (κ1) is 25.1. The Bertz CT molecular complexity index is 1100. The second kappa shape index (κ2) is 10.3. The summed E-state index contributed by atoms with van der Waals surface area (Å²) >= 11 is 0.936. The molecule has 1 amide bonds. The van der Waals surface area contributed by atoms with E-state index in [2.05, 4.69) is 10.8 Å². The Morgan fingerprint density at radius 1 is 1.18 bits per heavy atom. The fourth-order valence-corrected chi connectivity index (χ4v) is 6.77. The number of sulfonamides is 1. The van der Waals surface area contributed by atoms with Gasteiger partial charge in [-0.3, -0.25) is 4.79 Å². The summed E-state index contributed by atoms with van der Waals surface area (Å²) in [5, 5.41) is 3.01. The highest BCUT2D eigenvalue weighted by atomic mass is 32.2. The van der Waals surface area contributed by atoms with Crippen molar-refractivity contribution in [1.82, 2.24) is 15.1 Å². The number of halogens is 3. The first-order valence-electron chi connectivity index (χ1n) is 10.7. The third-order valence-corrected chi connectivity index (χ3v) is 9.08. The molecule has 13 heteroatoms. The predicted octanol–water partition coefficient (Wildman–Crippen LogP) is 2.97. The molecule has 1 aromatic carbocycles. The second-order valence-corrected chi connectivity index (χ2v) is 11.1. The molecular weight excluding hydrogens is 495 g/mol. The van der Waals surface area contributed by atoms with E-state index in [9.17, 15) is 26.4 Å². The van der Waals surface area contributed by atoms with Crippen molar-refractivity contribution in [1.29, 1.82) is 0 Å². The van der Waals surface area contributed by atoms with Gasteiger partial charge in [0, 0.05) is 37.5 Å². The lowest BCUT2D eigenvalue weighted by Crippen LogP contribution is -2.59. The van der Waals surface area contributed by atoms with Crippen LogP contribution in [0.25, 0.3) is 10.4 Å². The Hall–Kier alpha value is -2.03. The molecular formula is C21H24F3N3O5S2. The van der Waals surface area contributed by atoms with Crippen molar-refractivity contribution in [2.45, 2.75) is 42.0 Å². The number of rotatable bonds is 6. The van der Waals surface area contributed by atoms with Crippen LogP contribution < -0.4 is 10.8 Å². The summed E-state index contributed by atoms with van der Waals surface area (Å²) in [7, 11) is -4.03. The molecule has 0 bridgehead atoms. The zero-order valence-corrected chi connectivity index (χ0v) is 19.6. The molecule has 2 fully saturated rings. The average molecular weight is 520 g/mol. The number of piperazine rings is 1. The number of nitrogens with one attached hydrogen (secondary N) is 2. The third-order valence-electron chi connectivity index (χ3n) is 5.57. The molecule has 0 radical (unpaired) electrons. The summed E-state index contributed by atoms with van der Waals surface area (Å²) in [6.45, 7) is 1.09. The first-order chi connectivity index (χ1) is 16.2. The fourth-order valence-electron chi connectivity index (χ4n) is 3.75. The molecule has 8 nitrogen and oxygen atoms in total. The topological polar surface area (TPSA) is 97.0 Å². The number of thiophene rings is 1. The van der Waals surface area contributed by atoms with Gasteiger partial charge in [0.2, 0.25) is 0 Å². The lowest BCUT2D eigenvalue weighted by molar-refractivity contribution is -0.202. The van der Waals surface area contributed by atoms with E-state index in [0.717, 1.165) is 40.6 Å². The van der Waals surface area contributed by atoms with E-state index in [-0.39, 0.29) is 17.3 Å². The zero-order valence-electron chi connectivity index (χ0n) is 18.0. The molecule has 2 aliphatic heterocycles. The number of ether oxygens (including phenoxy) is 1. The van der Waals surface area contributed by atoms with Crippen LogP contribution in [0.15, 0.2) is 40.6 Å². The van der Waals surface area contributed by atoms with E-state index in [4.69, 9.17) is 9.57 Å². The normalized spacial score (nSPS) is 22.4. The van der Waals surface area contributed by atoms with E-state index in [0.29, 0.717) is 30.0 Å². The maximum Gasteiger partial charge on any atom is 0.416 e. The number of carbonyl (C=O) groups excluding carboxylic acids is 1. The number of hydrogen-bond acceptors (Lipinski definition) is 7. The number of carbonyl (C=O) groups is 1. The molecule has 0 aliphatic carbocycles. The van der Waals surface area contributed by atoms with Crippen molar-refractivity contribution in [3.8, 4) is 10.4 Å². The van der Waals surface area contributed by atoms with Gasteiger partial charge in [-0.15, -0.1) is 11.3 Å². The van der Waals surface area contributed by atoms with E-state index < -0.39 is 40.0 Å². The highest BCUT2D eigenvalue weighted by molar-refractivity contribution is 7.91. The number of benzene rings is 1. The molecule has 2 aliphatic rings. The molecule has 0 spiro atoms. The van der Waals surface area contributed by atoms with Gasteiger partial charge in [0.15, 0.2) is 6.29 Å². The van der Waals surface area contributed by atoms with Crippen LogP contribution in [0.4, 0.5) is 13.2 Å². The molecule has 2 N–H and O–H groups in total. The molecule has 2 atom stereocenters. The van der Waals surface area contributed by atoms with Crippen molar-refractivity contribution < 1.29 is 36.0 Å². The molecule has 0 saturated carbocycles. The number of hydrogen-bond donors (Lipinski definition) is 2. The Kier molecular flexibility index (Phi) is 7.60. The fraction of sp³-hybridized carbons (Fsp3) is 0.476. The van der Waals surface area contributed by atoms with Crippen LogP contribution >= 0.6 is 11.3 Å². The standard InChI is InChI=1S/C21H24F3N3O5S2/c22-21(23,24)15-6-4-14(5-7-15)17-8-9-19(33-17)34(29,30)27-11-10-25-13-16(27)20(28)26-32-18-3-1-2-12-31-18/h4-9,16,18,25H,1-3,10-13H2,(H,26,28)/t16-,18?/m1/s1. The Morgan fingerprint density at radius 2 is 1.94 bits per heavy atom. The van der Waals surface area contributed by atoms with Crippen LogP contribution in [0.2, 0.25) is 0 Å². The van der Waals surface area contributed by atoms with Gasteiger partial charge < -0.3 is 10.1 Å². The summed E-state index contributed by atoms with van der Waals surface area (Å²) in [5.41, 5.74) is 2.01. The van der Waals surface area contributed by atoms with Gasteiger partial charge in [-0.2, -0.15) is 17.5 Å². The van der Waals surface area contributed by atoms with Crippen LogP contribution in [0, 0.1) is 0 Å². The Labute approximate surface area is 199 Å². The average Bonchev–Trinajstić information content (AvgIpc) is 3.34. The molecule has 1 unspecified atom stereocenters. The van der Waals surface area contributed by atoms with E-state index in [1.165, 1.54) is 18.2 Å². The second-order valence-electron chi connectivity index (χ2n) is 7.91. The molecule has 4 rings (SSSR count). The predicted molar refractivity (Wildman–Crippen MR) is 118 cm³/mol. The molecule has 3 heterocycles. The van der Waals surface area contributed by atoms with E-state index in [1.54, 1.807) is 6.07 Å². The summed E-state index contributed by atoms with van der Waals surface area (Å²) in [6.07, 6.45) is -2.56. The minimum Gasteiger partial charge on any atom is -0.350 e. The highest BCUT2D eigenvalue weighted by Gasteiger charge is 2.39. The smallest absolute Gasteiger partial charge is 0.350 e. The van der Waals surface area contributed by atoms with Crippen LogP contribution in [-0.4, -0.2) is 57.2 Å². The van der Waals surface area contributed by atoms with Crippen molar-refractivity contribution in [2.75, 3.05) is 26.2 Å². The van der Waals surface area contributed by atoms with Crippen molar-refractivity contribution in [3.05, 3.63) is 42.0 Å². The largest absolute Gasteiger partial charge is 0.416 e. The molecule has 186 valence electrons. The van der Waals surface area contributed by atoms with Gasteiger partial charge in [0.05, 0.1) is 5.56 Å². The maximum atomic E-state index is 13.4. The lowest BCUT2D eigenvalue weighted by Gasteiger charge is -2.34. The van der Waals surface area contributed by atoms with Crippen molar-refractivity contribution >= 4 is 27.3 Å². The highest BCUT2D eigenvalue weighted by Crippen LogP contribution is 2.35. The maximum absolute atomic E-state index is 13.4. The Balaban J connectivity index is 1.48. The minimum atomic E-state index is -4.45. The number of hydroxylamine groups is 1. The lowest BCUT2D eigenvalue weighted by atomic mass is 10.1. The van der Waals surface area contributed by atoms with Crippen LogP contribution in [-0.2, 0) is 30.6 Å². The molecule has 34 heavy (non-hydrogen) atoms. The van der Waals surface area contributed by atoms with Crippen molar-refractivity contribution in [2.24, 2.45) is 0 Å². The van der Waals surface area contributed by atoms with Gasteiger partial charge >= 0.3 is 6.18 Å². The SMILES string of the molecule is O=C(NOC1CCCCO1)[C@H]1CNCCN1S(=O)(=O)c1ccc(-c2ccc(C(F)(F)F)cc2)s1. The zero-order chi connectivity index (χ0) is 24.3. The van der Waals surface area contributed by atoms with Gasteiger partial charge in [-0.1, -0.05) is 12.1 Å². The first-order valence-corrected chi connectivity index (χ1v) is 13.0. The molecule has 1 aromatic heterocycles. The minimum absolute atomic E-state index is 0.00127. The van der Waals surface area contributed by atoms with Gasteiger partial charge in [0.1, 0.15) is 10.3 Å². The monoisotopic (exact) mass is 519 g/mol. The summed E-state index contributed by atoms with van der Waals surface area (Å²) in [5.74, 6) is -0.607. The quantitative estimate of drug-likeness (QED) is 0.570. The van der Waals surface area contributed by atoms with Gasteiger partial charge in [0.25, 0.3) is 15.9 Å². The van der Waals surface area contributed by atoms with Gasteiger partial charge in [-0.25, -0.2) is 18.7 Å².